The minimum atomic E-state index is -2.92. The fraction of sp³-hybridized carbons (Fsp3) is 0.0952. The summed E-state index contributed by atoms with van der Waals surface area (Å²) in [5.74, 6) is 0.799. The number of rotatable bonds is 8. The molecule has 0 radical (unpaired) electrons. The first kappa shape index (κ1) is 19.3. The van der Waals surface area contributed by atoms with Gasteiger partial charge in [-0.25, -0.2) is 4.39 Å². The van der Waals surface area contributed by atoms with Gasteiger partial charge in [0.2, 0.25) is 0 Å². The molecule has 0 aliphatic rings. The lowest BCUT2D eigenvalue weighted by Crippen LogP contribution is -2.02. The molecule has 3 aromatic rings. The van der Waals surface area contributed by atoms with Gasteiger partial charge in [0.05, 0.1) is 0 Å². The fourth-order valence-electron chi connectivity index (χ4n) is 2.30. The number of hydrogen-bond donors (Lipinski definition) is 0. The molecule has 0 spiro atoms. The minimum absolute atomic E-state index is 0.0210. The van der Waals surface area contributed by atoms with Crippen LogP contribution in [0.25, 0.3) is 6.08 Å². The molecule has 3 rings (SSSR count). The van der Waals surface area contributed by atoms with Gasteiger partial charge in [-0.05, 0) is 72.8 Å². The number of ketones is 1. The van der Waals surface area contributed by atoms with E-state index in [9.17, 15) is 18.0 Å². The zero-order valence-electron chi connectivity index (χ0n) is 14.5. The van der Waals surface area contributed by atoms with E-state index < -0.39 is 6.61 Å². The Labute approximate surface area is 158 Å². The molecule has 7 heteroatoms. The molecule has 0 amide bonds. The molecule has 0 N–H and O–H groups in total. The first-order valence-corrected chi connectivity index (χ1v) is 8.24. The Morgan fingerprint density at radius 3 is 2.32 bits per heavy atom. The van der Waals surface area contributed by atoms with E-state index in [-0.39, 0.29) is 24.0 Å². The van der Waals surface area contributed by atoms with Crippen LogP contribution in [0.5, 0.6) is 11.5 Å². The van der Waals surface area contributed by atoms with E-state index >= 15 is 0 Å². The second-order valence-corrected chi connectivity index (χ2v) is 5.65. The summed E-state index contributed by atoms with van der Waals surface area (Å²) in [6, 6.07) is 14.4. The second-order valence-electron chi connectivity index (χ2n) is 5.65. The minimum Gasteiger partial charge on any atom is -0.486 e. The third-order valence-corrected chi connectivity index (χ3v) is 3.64. The standard InChI is InChI=1S/C21H15F3O4/c22-15-3-7-16(8-4-15)26-13-19-10-9-17(27-19)11-12-20(25)14-1-5-18(6-2-14)28-21(23)24/h1-12,21H,13H2/b12-11+. The van der Waals surface area contributed by atoms with E-state index in [1.54, 1.807) is 12.1 Å². The highest BCUT2D eigenvalue weighted by Crippen LogP contribution is 2.17. The van der Waals surface area contributed by atoms with E-state index in [2.05, 4.69) is 4.74 Å². The number of allylic oxidation sites excluding steroid dienone is 1. The molecule has 0 aliphatic heterocycles. The predicted molar refractivity (Wildman–Crippen MR) is 95.9 cm³/mol. The van der Waals surface area contributed by atoms with Gasteiger partial charge in [0.1, 0.15) is 35.4 Å². The first-order chi connectivity index (χ1) is 13.5. The summed E-state index contributed by atoms with van der Waals surface area (Å²) in [4.78, 5) is 12.1. The topological polar surface area (TPSA) is 48.7 Å². The number of carbonyl (C=O) groups excluding carboxylic acids is 1. The summed E-state index contributed by atoms with van der Waals surface area (Å²) in [6.45, 7) is -2.76. The van der Waals surface area contributed by atoms with Crippen molar-refractivity contribution < 1.29 is 31.9 Å². The Hall–Kier alpha value is -3.48. The normalized spacial score (nSPS) is 11.1. The van der Waals surface area contributed by atoms with E-state index in [1.165, 1.54) is 60.7 Å². The molecule has 1 aromatic heterocycles. The van der Waals surface area contributed by atoms with Crippen molar-refractivity contribution in [3.8, 4) is 11.5 Å². The molecule has 0 bridgehead atoms. The Bertz CT molecular complexity index is 945. The van der Waals surface area contributed by atoms with Crippen LogP contribution in [0.2, 0.25) is 0 Å². The van der Waals surface area contributed by atoms with Crippen molar-refractivity contribution in [3.05, 3.63) is 89.6 Å². The molecule has 28 heavy (non-hydrogen) atoms. The molecule has 1 heterocycles. The summed E-state index contributed by atoms with van der Waals surface area (Å²) in [5.41, 5.74) is 0.323. The SMILES string of the molecule is O=C(/C=C/c1ccc(COc2ccc(F)cc2)o1)c1ccc(OC(F)F)cc1. The van der Waals surface area contributed by atoms with Gasteiger partial charge in [-0.1, -0.05) is 0 Å². The highest BCUT2D eigenvalue weighted by atomic mass is 19.3. The van der Waals surface area contributed by atoms with Crippen LogP contribution in [-0.2, 0) is 6.61 Å². The predicted octanol–water partition coefficient (Wildman–Crippen LogP) is 5.50. The van der Waals surface area contributed by atoms with E-state index in [4.69, 9.17) is 9.15 Å². The van der Waals surface area contributed by atoms with Crippen LogP contribution in [0, 0.1) is 5.82 Å². The second kappa shape index (κ2) is 8.94. The van der Waals surface area contributed by atoms with Gasteiger partial charge in [0.15, 0.2) is 5.78 Å². The lowest BCUT2D eigenvalue weighted by molar-refractivity contribution is -0.0498. The Morgan fingerprint density at radius 2 is 1.64 bits per heavy atom. The zero-order valence-corrected chi connectivity index (χ0v) is 14.5. The number of ether oxygens (including phenoxy) is 2. The van der Waals surface area contributed by atoms with Crippen molar-refractivity contribution in [3.63, 3.8) is 0 Å². The van der Waals surface area contributed by atoms with Crippen LogP contribution in [0.3, 0.4) is 0 Å². The first-order valence-electron chi connectivity index (χ1n) is 8.24. The zero-order chi connectivity index (χ0) is 19.9. The number of alkyl halides is 2. The molecule has 2 aromatic carbocycles. The maximum atomic E-state index is 12.9. The Balaban J connectivity index is 1.55. The average molecular weight is 388 g/mol. The van der Waals surface area contributed by atoms with Crippen LogP contribution in [0.4, 0.5) is 13.2 Å². The summed E-state index contributed by atoms with van der Waals surface area (Å²) in [6.07, 6.45) is 2.81. The summed E-state index contributed by atoms with van der Waals surface area (Å²) < 4.78 is 52.3. The summed E-state index contributed by atoms with van der Waals surface area (Å²) >= 11 is 0. The van der Waals surface area contributed by atoms with Crippen molar-refractivity contribution in [2.75, 3.05) is 0 Å². The van der Waals surface area contributed by atoms with Crippen molar-refractivity contribution in [2.24, 2.45) is 0 Å². The largest absolute Gasteiger partial charge is 0.486 e. The smallest absolute Gasteiger partial charge is 0.387 e. The molecule has 0 saturated heterocycles. The molecular formula is C21H15F3O4. The van der Waals surface area contributed by atoms with Crippen LogP contribution in [0.15, 0.2) is 71.2 Å². The molecule has 0 saturated carbocycles. The Kier molecular flexibility index (Phi) is 6.16. The summed E-state index contributed by atoms with van der Waals surface area (Å²) in [7, 11) is 0. The van der Waals surface area contributed by atoms with Gasteiger partial charge >= 0.3 is 6.61 Å². The highest BCUT2D eigenvalue weighted by molar-refractivity contribution is 6.06. The number of benzene rings is 2. The molecular weight excluding hydrogens is 373 g/mol. The van der Waals surface area contributed by atoms with Gasteiger partial charge in [-0.3, -0.25) is 4.79 Å². The highest BCUT2D eigenvalue weighted by Gasteiger charge is 2.07. The molecule has 0 fully saturated rings. The van der Waals surface area contributed by atoms with Crippen LogP contribution < -0.4 is 9.47 Å². The van der Waals surface area contributed by atoms with E-state index in [0.29, 0.717) is 22.8 Å². The fourth-order valence-corrected chi connectivity index (χ4v) is 2.30. The van der Waals surface area contributed by atoms with Crippen molar-refractivity contribution in [1.29, 1.82) is 0 Å². The third-order valence-electron chi connectivity index (χ3n) is 3.64. The molecule has 0 atom stereocenters. The van der Waals surface area contributed by atoms with E-state index in [1.807, 2.05) is 0 Å². The van der Waals surface area contributed by atoms with Crippen LogP contribution in [-0.4, -0.2) is 12.4 Å². The quantitative estimate of drug-likeness (QED) is 0.378. The number of furan rings is 1. The number of hydrogen-bond acceptors (Lipinski definition) is 4. The maximum absolute atomic E-state index is 12.9. The lowest BCUT2D eigenvalue weighted by atomic mass is 10.1. The molecule has 4 nitrogen and oxygen atoms in total. The summed E-state index contributed by atoms with van der Waals surface area (Å²) in [5, 5.41) is 0. The van der Waals surface area contributed by atoms with Crippen molar-refractivity contribution in [2.45, 2.75) is 13.2 Å². The third kappa shape index (κ3) is 5.51. The van der Waals surface area contributed by atoms with E-state index in [0.717, 1.165) is 0 Å². The van der Waals surface area contributed by atoms with Crippen molar-refractivity contribution in [1.82, 2.24) is 0 Å². The van der Waals surface area contributed by atoms with Gasteiger partial charge < -0.3 is 13.9 Å². The van der Waals surface area contributed by atoms with Crippen LogP contribution >= 0.6 is 0 Å². The number of carbonyl (C=O) groups is 1. The van der Waals surface area contributed by atoms with Crippen molar-refractivity contribution >= 4 is 11.9 Å². The lowest BCUT2D eigenvalue weighted by Gasteiger charge is -2.04. The molecule has 0 aliphatic carbocycles. The van der Waals surface area contributed by atoms with Crippen LogP contribution in [0.1, 0.15) is 21.9 Å². The monoisotopic (exact) mass is 388 g/mol. The molecule has 144 valence electrons. The number of halogens is 3. The van der Waals surface area contributed by atoms with Gasteiger partial charge in [-0.2, -0.15) is 8.78 Å². The van der Waals surface area contributed by atoms with Gasteiger partial charge in [0, 0.05) is 5.56 Å². The maximum Gasteiger partial charge on any atom is 0.387 e. The average Bonchev–Trinajstić information content (AvgIpc) is 3.14. The van der Waals surface area contributed by atoms with Gasteiger partial charge in [0.25, 0.3) is 0 Å². The molecule has 0 unspecified atom stereocenters. The van der Waals surface area contributed by atoms with Gasteiger partial charge in [-0.15, -0.1) is 0 Å². The Morgan fingerprint density at radius 1 is 0.964 bits per heavy atom.